The summed E-state index contributed by atoms with van der Waals surface area (Å²) in [7, 11) is 0. The van der Waals surface area contributed by atoms with E-state index in [9.17, 15) is 4.79 Å². The van der Waals surface area contributed by atoms with Crippen molar-refractivity contribution in [2.75, 3.05) is 18.4 Å². The third-order valence-corrected chi connectivity index (χ3v) is 6.14. The molecule has 2 aromatic heterocycles. The number of piperidine rings is 1. The molecule has 0 saturated carbocycles. The van der Waals surface area contributed by atoms with Gasteiger partial charge in [0.2, 0.25) is 0 Å². The van der Waals surface area contributed by atoms with E-state index in [1.165, 1.54) is 0 Å². The molecular weight excluding hydrogens is 452 g/mol. The maximum absolute atomic E-state index is 13.1. The molecule has 1 fully saturated rings. The minimum absolute atomic E-state index is 0.203. The Hall–Kier alpha value is -4.01. The van der Waals surface area contributed by atoms with Crippen LogP contribution in [0.25, 0.3) is 5.69 Å². The van der Waals surface area contributed by atoms with E-state index in [0.29, 0.717) is 17.2 Å². The topological polar surface area (TPSA) is 98.3 Å². The smallest absolute Gasteiger partial charge is 0.274 e. The number of carbonyl (C=O) groups is 1. The molecule has 0 aliphatic carbocycles. The summed E-state index contributed by atoms with van der Waals surface area (Å²) in [6.07, 6.45) is 7.48. The number of para-hydroxylation sites is 1. The second-order valence-corrected chi connectivity index (χ2v) is 9.19. The molecule has 1 saturated heterocycles. The third-order valence-electron chi connectivity index (χ3n) is 6.14. The summed E-state index contributed by atoms with van der Waals surface area (Å²) in [5.74, 6) is 0.935. The zero-order chi connectivity index (χ0) is 24.9. The highest BCUT2D eigenvalue weighted by Crippen LogP contribution is 2.24. The van der Waals surface area contributed by atoms with Gasteiger partial charge in [-0.1, -0.05) is 18.2 Å². The number of nitrogens with zero attached hydrogens (tertiary/aromatic N) is 4. The average Bonchev–Trinajstić information content (AvgIpc) is 3.31. The highest BCUT2D eigenvalue weighted by atomic mass is 16.5. The SMILES string of the molecule is Cc1cn(-c2cc(CN3CCCC(N)C3)cc(NC(=O)c3cc(Oc4ccccc4)ccn3)c2)cn1. The van der Waals surface area contributed by atoms with Crippen LogP contribution in [0.4, 0.5) is 5.69 Å². The van der Waals surface area contributed by atoms with Crippen LogP contribution in [0.15, 0.2) is 79.4 Å². The molecule has 5 rings (SSSR count). The van der Waals surface area contributed by atoms with Gasteiger partial charge in [-0.15, -0.1) is 0 Å². The van der Waals surface area contributed by atoms with Gasteiger partial charge >= 0.3 is 0 Å². The van der Waals surface area contributed by atoms with Crippen LogP contribution in [0.5, 0.6) is 11.5 Å². The number of nitrogens with two attached hydrogens (primary N) is 1. The summed E-state index contributed by atoms with van der Waals surface area (Å²) < 4.78 is 7.83. The quantitative estimate of drug-likeness (QED) is 0.401. The lowest BCUT2D eigenvalue weighted by molar-refractivity contribution is 0.102. The Balaban J connectivity index is 1.38. The molecule has 1 atom stereocenters. The Morgan fingerprint density at radius 1 is 1.11 bits per heavy atom. The monoisotopic (exact) mass is 482 g/mol. The molecule has 8 nitrogen and oxygen atoms in total. The fraction of sp³-hybridized carbons (Fsp3) is 0.250. The molecule has 3 heterocycles. The van der Waals surface area contributed by atoms with E-state index in [1.807, 2.05) is 60.2 Å². The second-order valence-electron chi connectivity index (χ2n) is 9.19. The molecule has 0 spiro atoms. The van der Waals surface area contributed by atoms with Crippen molar-refractivity contribution in [3.05, 3.63) is 96.3 Å². The summed E-state index contributed by atoms with van der Waals surface area (Å²) >= 11 is 0. The number of likely N-dealkylation sites (tertiary alicyclic amines) is 1. The average molecular weight is 483 g/mol. The predicted molar refractivity (Wildman–Crippen MR) is 139 cm³/mol. The first-order valence-corrected chi connectivity index (χ1v) is 12.1. The third kappa shape index (κ3) is 5.97. The number of carbonyl (C=O) groups excluding carboxylic acids is 1. The lowest BCUT2D eigenvalue weighted by Crippen LogP contribution is -2.42. The first-order chi connectivity index (χ1) is 17.5. The summed E-state index contributed by atoms with van der Waals surface area (Å²) in [6, 6.07) is 19.1. The summed E-state index contributed by atoms with van der Waals surface area (Å²) in [4.78, 5) is 24.1. The van der Waals surface area contributed by atoms with Crippen molar-refractivity contribution in [2.24, 2.45) is 5.73 Å². The molecule has 0 bridgehead atoms. The van der Waals surface area contributed by atoms with Gasteiger partial charge < -0.3 is 20.4 Å². The molecule has 0 radical (unpaired) electrons. The highest BCUT2D eigenvalue weighted by Gasteiger charge is 2.18. The fourth-order valence-electron chi connectivity index (χ4n) is 4.46. The molecule has 1 aliphatic heterocycles. The Morgan fingerprint density at radius 3 is 2.75 bits per heavy atom. The van der Waals surface area contributed by atoms with Gasteiger partial charge in [0.15, 0.2) is 0 Å². The number of amides is 1. The van der Waals surface area contributed by atoms with Crippen LogP contribution in [0.2, 0.25) is 0 Å². The van der Waals surface area contributed by atoms with E-state index in [2.05, 4.69) is 26.3 Å². The van der Waals surface area contributed by atoms with Crippen molar-refractivity contribution in [3.8, 4) is 17.2 Å². The van der Waals surface area contributed by atoms with Gasteiger partial charge in [-0.05, 0) is 68.3 Å². The zero-order valence-electron chi connectivity index (χ0n) is 20.3. The van der Waals surface area contributed by atoms with Crippen molar-refractivity contribution in [3.63, 3.8) is 0 Å². The van der Waals surface area contributed by atoms with Gasteiger partial charge in [0.1, 0.15) is 17.2 Å². The lowest BCUT2D eigenvalue weighted by atomic mass is 10.1. The normalized spacial score (nSPS) is 16.0. The Labute approximate surface area is 210 Å². The van der Waals surface area contributed by atoms with Crippen LogP contribution in [-0.2, 0) is 6.54 Å². The van der Waals surface area contributed by atoms with Gasteiger partial charge in [-0.2, -0.15) is 0 Å². The maximum Gasteiger partial charge on any atom is 0.274 e. The minimum atomic E-state index is -0.307. The van der Waals surface area contributed by atoms with Gasteiger partial charge in [-0.25, -0.2) is 4.98 Å². The zero-order valence-corrected chi connectivity index (χ0v) is 20.3. The van der Waals surface area contributed by atoms with Crippen LogP contribution in [0, 0.1) is 6.92 Å². The summed E-state index contributed by atoms with van der Waals surface area (Å²) in [5.41, 5.74) is 10.1. The molecule has 1 amide bonds. The Morgan fingerprint density at radius 2 is 1.97 bits per heavy atom. The second kappa shape index (κ2) is 10.7. The summed E-state index contributed by atoms with van der Waals surface area (Å²) in [6.45, 7) is 4.60. The molecule has 1 aliphatic rings. The van der Waals surface area contributed by atoms with Gasteiger partial charge in [0.25, 0.3) is 5.91 Å². The van der Waals surface area contributed by atoms with Gasteiger partial charge in [-0.3, -0.25) is 14.7 Å². The van der Waals surface area contributed by atoms with Crippen molar-refractivity contribution < 1.29 is 9.53 Å². The van der Waals surface area contributed by atoms with E-state index < -0.39 is 0 Å². The van der Waals surface area contributed by atoms with E-state index in [4.69, 9.17) is 10.5 Å². The fourth-order valence-corrected chi connectivity index (χ4v) is 4.46. The van der Waals surface area contributed by atoms with E-state index in [1.54, 1.807) is 24.7 Å². The van der Waals surface area contributed by atoms with Crippen molar-refractivity contribution in [2.45, 2.75) is 32.4 Å². The number of hydrogen-bond acceptors (Lipinski definition) is 6. The van der Waals surface area contributed by atoms with Crippen LogP contribution >= 0.6 is 0 Å². The van der Waals surface area contributed by atoms with Crippen molar-refractivity contribution in [1.29, 1.82) is 0 Å². The largest absolute Gasteiger partial charge is 0.457 e. The highest BCUT2D eigenvalue weighted by molar-refractivity contribution is 6.03. The number of rotatable bonds is 7. The number of benzene rings is 2. The molecule has 8 heteroatoms. The van der Waals surface area contributed by atoms with E-state index in [-0.39, 0.29) is 17.6 Å². The molecule has 2 aromatic carbocycles. The van der Waals surface area contributed by atoms with E-state index in [0.717, 1.165) is 49.4 Å². The number of aryl methyl sites for hydroxylation is 1. The van der Waals surface area contributed by atoms with Gasteiger partial charge in [0, 0.05) is 49.0 Å². The van der Waals surface area contributed by atoms with Crippen LogP contribution in [0.3, 0.4) is 0 Å². The van der Waals surface area contributed by atoms with Crippen molar-refractivity contribution >= 4 is 11.6 Å². The Bertz CT molecular complexity index is 1340. The number of ether oxygens (including phenoxy) is 1. The first-order valence-electron chi connectivity index (χ1n) is 12.1. The van der Waals surface area contributed by atoms with Crippen LogP contribution in [0.1, 0.15) is 34.6 Å². The summed E-state index contributed by atoms with van der Waals surface area (Å²) in [5, 5.41) is 3.02. The van der Waals surface area contributed by atoms with E-state index >= 15 is 0 Å². The number of imidazole rings is 1. The molecule has 184 valence electrons. The number of anilines is 1. The minimum Gasteiger partial charge on any atom is -0.457 e. The number of nitrogens with one attached hydrogen (secondary N) is 1. The Kier molecular flexibility index (Phi) is 7.06. The molecule has 3 N–H and O–H groups in total. The molecule has 36 heavy (non-hydrogen) atoms. The predicted octanol–water partition coefficient (Wildman–Crippen LogP) is 4.54. The van der Waals surface area contributed by atoms with Crippen LogP contribution < -0.4 is 15.8 Å². The standard InChI is InChI=1S/C28H30N6O2/c1-20-16-34(19-31-20)24-13-21(17-33-11-5-6-22(29)18-33)12-23(14-24)32-28(35)27-15-26(9-10-30-27)36-25-7-3-2-4-8-25/h2-4,7-10,12-16,19,22H,5-6,11,17-18,29H2,1H3,(H,32,35). The molecule has 4 aromatic rings. The molecule has 1 unspecified atom stereocenters. The lowest BCUT2D eigenvalue weighted by Gasteiger charge is -2.30. The number of hydrogen-bond donors (Lipinski definition) is 2. The maximum atomic E-state index is 13.1. The van der Waals surface area contributed by atoms with Crippen molar-refractivity contribution in [1.82, 2.24) is 19.4 Å². The number of aromatic nitrogens is 3. The van der Waals surface area contributed by atoms with Gasteiger partial charge in [0.05, 0.1) is 12.0 Å². The first kappa shape index (κ1) is 23.7. The molecular formula is C28H30N6O2. The number of pyridine rings is 1. The van der Waals surface area contributed by atoms with Crippen LogP contribution in [-0.4, -0.2) is 44.5 Å².